The molecule has 0 unspecified atom stereocenters. The molecule has 1 fully saturated rings. The normalized spacial score (nSPS) is 13.3. The van der Waals surface area contributed by atoms with Crippen LogP contribution in [0, 0.1) is 5.82 Å². The molecule has 4 aromatic rings. The summed E-state index contributed by atoms with van der Waals surface area (Å²) in [7, 11) is 0. The summed E-state index contributed by atoms with van der Waals surface area (Å²) in [5.74, 6) is -2.44. The Bertz CT molecular complexity index is 1330. The van der Waals surface area contributed by atoms with Gasteiger partial charge >= 0.3 is 5.97 Å². The van der Waals surface area contributed by atoms with Crippen LogP contribution in [0.2, 0.25) is 0 Å². The van der Waals surface area contributed by atoms with Gasteiger partial charge in [0.05, 0.1) is 33.6 Å². The van der Waals surface area contributed by atoms with Gasteiger partial charge in [0.1, 0.15) is 5.82 Å². The number of aromatic nitrogens is 2. The fourth-order valence-electron chi connectivity index (χ4n) is 3.48. The molecule has 8 heteroatoms. The van der Waals surface area contributed by atoms with Crippen LogP contribution in [0.15, 0.2) is 59.1 Å². The maximum atomic E-state index is 14.4. The molecule has 2 aromatic heterocycles. The minimum atomic E-state index is -1.25. The number of hydrogen-bond acceptors (Lipinski definition) is 5. The van der Waals surface area contributed by atoms with Crippen LogP contribution >= 0.6 is 0 Å². The number of halogens is 1. The van der Waals surface area contributed by atoms with Crippen LogP contribution < -0.4 is 5.32 Å². The van der Waals surface area contributed by atoms with Gasteiger partial charge in [-0.15, -0.1) is 0 Å². The average Bonchev–Trinajstić information content (AvgIpc) is 3.53. The number of rotatable bonds is 5. The molecule has 2 aromatic carbocycles. The molecule has 1 saturated carbocycles. The highest BCUT2D eigenvalue weighted by Gasteiger charge is 2.32. The molecular weight excluding hydrogens is 401 g/mol. The molecule has 1 aliphatic carbocycles. The van der Waals surface area contributed by atoms with Crippen molar-refractivity contribution in [1.82, 2.24) is 10.1 Å². The van der Waals surface area contributed by atoms with E-state index in [1.165, 1.54) is 12.1 Å². The van der Waals surface area contributed by atoms with E-state index in [2.05, 4.69) is 15.5 Å². The topological polar surface area (TPSA) is 105 Å². The third-order valence-electron chi connectivity index (χ3n) is 5.22. The summed E-state index contributed by atoms with van der Waals surface area (Å²) in [5.41, 5.74) is 2.19. The van der Waals surface area contributed by atoms with Crippen molar-refractivity contribution < 1.29 is 23.6 Å². The second kappa shape index (κ2) is 7.32. The lowest BCUT2D eigenvalue weighted by Crippen LogP contribution is -2.14. The zero-order chi connectivity index (χ0) is 21.5. The van der Waals surface area contributed by atoms with Crippen LogP contribution in [0.25, 0.3) is 22.4 Å². The van der Waals surface area contributed by atoms with Crippen molar-refractivity contribution in [2.24, 2.45) is 0 Å². The van der Waals surface area contributed by atoms with Crippen molar-refractivity contribution in [3.05, 3.63) is 77.2 Å². The lowest BCUT2D eigenvalue weighted by Gasteiger charge is -2.10. The van der Waals surface area contributed by atoms with Gasteiger partial charge in [-0.2, -0.15) is 0 Å². The van der Waals surface area contributed by atoms with Crippen LogP contribution in [0.1, 0.15) is 45.2 Å². The summed E-state index contributed by atoms with van der Waals surface area (Å²) in [6, 6.07) is 14.3. The monoisotopic (exact) mass is 417 g/mol. The van der Waals surface area contributed by atoms with Crippen molar-refractivity contribution in [2.45, 2.75) is 18.8 Å². The molecule has 2 N–H and O–H groups in total. The molecule has 0 radical (unpaired) electrons. The molecule has 1 aliphatic rings. The van der Waals surface area contributed by atoms with Crippen LogP contribution in [0.4, 0.5) is 10.1 Å². The summed E-state index contributed by atoms with van der Waals surface area (Å²) in [6.45, 7) is 0. The molecule has 5 rings (SSSR count). The second-order valence-corrected chi connectivity index (χ2v) is 7.40. The van der Waals surface area contributed by atoms with Gasteiger partial charge in [-0.05, 0) is 37.1 Å². The molecule has 7 nitrogen and oxygen atoms in total. The van der Waals surface area contributed by atoms with E-state index in [0.717, 1.165) is 24.5 Å². The molecule has 1 amide bonds. The number of nitrogens with one attached hydrogen (secondary N) is 1. The minimum absolute atomic E-state index is 0.120. The van der Waals surface area contributed by atoms with E-state index < -0.39 is 17.7 Å². The Morgan fingerprint density at radius 2 is 1.87 bits per heavy atom. The fourth-order valence-corrected chi connectivity index (χ4v) is 3.48. The Morgan fingerprint density at radius 1 is 1.10 bits per heavy atom. The first-order valence-electron chi connectivity index (χ1n) is 9.71. The summed E-state index contributed by atoms with van der Waals surface area (Å²) in [6.07, 6.45) is 1.91. The van der Waals surface area contributed by atoms with Gasteiger partial charge in [-0.1, -0.05) is 35.5 Å². The number of benzene rings is 2. The number of carbonyl (C=O) groups is 2. The number of carboxylic acids is 1. The minimum Gasteiger partial charge on any atom is -0.478 e. The number of carboxylic acid groups (broad SMARTS) is 1. The van der Waals surface area contributed by atoms with E-state index in [1.807, 2.05) is 30.3 Å². The third kappa shape index (κ3) is 3.52. The van der Waals surface area contributed by atoms with Gasteiger partial charge in [-0.3, -0.25) is 4.79 Å². The van der Waals surface area contributed by atoms with Crippen LogP contribution in [-0.2, 0) is 0 Å². The van der Waals surface area contributed by atoms with Crippen LogP contribution in [0.5, 0.6) is 0 Å². The van der Waals surface area contributed by atoms with E-state index in [1.54, 1.807) is 6.07 Å². The van der Waals surface area contributed by atoms with Gasteiger partial charge in [-0.25, -0.2) is 14.2 Å². The third-order valence-corrected chi connectivity index (χ3v) is 5.22. The number of pyridine rings is 1. The molecular formula is C23H16FN3O4. The summed E-state index contributed by atoms with van der Waals surface area (Å²) < 4.78 is 19.8. The maximum Gasteiger partial charge on any atom is 0.335 e. The van der Waals surface area contributed by atoms with E-state index >= 15 is 0 Å². The first-order chi connectivity index (χ1) is 15.0. The van der Waals surface area contributed by atoms with E-state index in [4.69, 9.17) is 9.63 Å². The lowest BCUT2D eigenvalue weighted by atomic mass is 10.0. The largest absolute Gasteiger partial charge is 0.478 e. The summed E-state index contributed by atoms with van der Waals surface area (Å²) in [5, 5.41) is 16.2. The Labute approximate surface area is 175 Å². The Kier molecular flexibility index (Phi) is 4.47. The molecule has 0 atom stereocenters. The number of hydrogen-bond donors (Lipinski definition) is 2. The fraction of sp³-hybridized carbons (Fsp3) is 0.130. The number of nitrogens with zero attached hydrogens (tertiary/aromatic N) is 2. The lowest BCUT2D eigenvalue weighted by molar-refractivity contribution is 0.0696. The number of carbonyl (C=O) groups excluding carboxylic acids is 1. The maximum absolute atomic E-state index is 14.4. The number of aromatic carboxylic acids is 1. The molecule has 2 heterocycles. The van der Waals surface area contributed by atoms with Crippen LogP contribution in [0.3, 0.4) is 0 Å². The zero-order valence-electron chi connectivity index (χ0n) is 16.1. The van der Waals surface area contributed by atoms with Crippen molar-refractivity contribution in [2.75, 3.05) is 5.32 Å². The number of amides is 1. The highest BCUT2D eigenvalue weighted by atomic mass is 19.1. The van der Waals surface area contributed by atoms with Gasteiger partial charge in [0.25, 0.3) is 11.6 Å². The van der Waals surface area contributed by atoms with Crippen LogP contribution in [-0.4, -0.2) is 27.1 Å². The van der Waals surface area contributed by atoms with Gasteiger partial charge in [0.2, 0.25) is 0 Å². The first kappa shape index (κ1) is 18.9. The molecule has 31 heavy (non-hydrogen) atoms. The SMILES string of the molecule is O=C(O)c1ccc(NC(=O)c2cc(-c3ccccc3)nc3onc(C4CC4)c23)c(F)c1. The molecule has 0 bridgehead atoms. The predicted molar refractivity (Wildman–Crippen MR) is 111 cm³/mol. The Morgan fingerprint density at radius 3 is 2.55 bits per heavy atom. The Balaban J connectivity index is 1.59. The van der Waals surface area contributed by atoms with E-state index in [9.17, 15) is 14.0 Å². The van der Waals surface area contributed by atoms with Gasteiger partial charge < -0.3 is 14.9 Å². The zero-order valence-corrected chi connectivity index (χ0v) is 16.1. The number of fused-ring (bicyclic) bond motifs is 1. The van der Waals surface area contributed by atoms with Gasteiger partial charge in [0.15, 0.2) is 0 Å². The highest BCUT2D eigenvalue weighted by Crippen LogP contribution is 2.43. The standard InChI is InChI=1S/C23H16FN3O4/c24-16-10-14(23(29)30)8-9-17(16)25-21(28)15-11-18(12-4-2-1-3-5-12)26-22-19(15)20(27-31-22)13-6-7-13/h1-5,8-11,13H,6-7H2,(H,25,28)(H,29,30). The average molecular weight is 417 g/mol. The first-order valence-corrected chi connectivity index (χ1v) is 9.71. The highest BCUT2D eigenvalue weighted by molar-refractivity contribution is 6.13. The predicted octanol–water partition coefficient (Wildman–Crippen LogP) is 4.86. The molecule has 0 aliphatic heterocycles. The second-order valence-electron chi connectivity index (χ2n) is 7.40. The van der Waals surface area contributed by atoms with E-state index in [0.29, 0.717) is 16.8 Å². The smallest absolute Gasteiger partial charge is 0.335 e. The van der Waals surface area contributed by atoms with E-state index in [-0.39, 0.29) is 28.4 Å². The van der Waals surface area contributed by atoms with Gasteiger partial charge in [0, 0.05) is 11.5 Å². The summed E-state index contributed by atoms with van der Waals surface area (Å²) >= 11 is 0. The Hall–Kier alpha value is -4.07. The van der Waals surface area contributed by atoms with Crippen molar-refractivity contribution in [3.63, 3.8) is 0 Å². The molecule has 154 valence electrons. The van der Waals surface area contributed by atoms with Crippen molar-refractivity contribution in [1.29, 1.82) is 0 Å². The quantitative estimate of drug-likeness (QED) is 0.481. The van der Waals surface area contributed by atoms with Crippen molar-refractivity contribution >= 4 is 28.7 Å². The molecule has 0 spiro atoms. The molecule has 0 saturated heterocycles. The van der Waals surface area contributed by atoms with Crippen molar-refractivity contribution in [3.8, 4) is 11.3 Å². The number of anilines is 1. The summed E-state index contributed by atoms with van der Waals surface area (Å²) in [4.78, 5) is 28.7.